The largest absolute Gasteiger partial charge is 0.433 e. The smallest absolute Gasteiger partial charge is 0.384 e. The summed E-state index contributed by atoms with van der Waals surface area (Å²) in [5, 5.41) is 7.48. The molecule has 1 heterocycles. The molecule has 0 aliphatic heterocycles. The molecule has 0 fully saturated rings. The van der Waals surface area contributed by atoms with Gasteiger partial charge in [0, 0.05) is 13.1 Å². The van der Waals surface area contributed by atoms with Crippen molar-refractivity contribution in [1.29, 1.82) is 5.41 Å². The Morgan fingerprint density at radius 3 is 2.30 bits per heavy atom. The van der Waals surface area contributed by atoms with E-state index in [4.69, 9.17) is 11.1 Å². The molecule has 0 atom stereocenters. The topological polar surface area (TPSA) is 66.0 Å². The van der Waals surface area contributed by atoms with Gasteiger partial charge in [0.25, 0.3) is 0 Å². The summed E-state index contributed by atoms with van der Waals surface area (Å²) in [6, 6.07) is 2.09. The standard InChI is InChI=1S/C13H19F3N4/c1-4-8(5-2)20(3)12-9(11(17)18)6-7-10(19-12)13(14,15)16/h6-8H,4-5H2,1-3H3,(H3,17,18). The number of nitrogen functional groups attached to an aromatic ring is 1. The number of alkyl halides is 3. The summed E-state index contributed by atoms with van der Waals surface area (Å²) in [5.74, 6) is -0.194. The minimum absolute atomic E-state index is 0.0454. The number of pyridine rings is 1. The molecule has 4 nitrogen and oxygen atoms in total. The number of halogens is 3. The summed E-state index contributed by atoms with van der Waals surface area (Å²) < 4.78 is 38.3. The van der Waals surface area contributed by atoms with Crippen LogP contribution in [0.25, 0.3) is 0 Å². The quantitative estimate of drug-likeness (QED) is 0.646. The summed E-state index contributed by atoms with van der Waals surface area (Å²) in [5.41, 5.74) is 4.67. The SMILES string of the molecule is CCC(CC)N(C)c1nc(C(F)(F)F)ccc1C(=N)N. The van der Waals surface area contributed by atoms with Crippen LogP contribution in [0, 0.1) is 5.41 Å². The van der Waals surface area contributed by atoms with Crippen LogP contribution in [0.4, 0.5) is 19.0 Å². The number of nitrogens with one attached hydrogen (secondary N) is 1. The van der Waals surface area contributed by atoms with Gasteiger partial charge in [0.1, 0.15) is 17.3 Å². The molecule has 0 amide bonds. The van der Waals surface area contributed by atoms with Crippen molar-refractivity contribution in [2.75, 3.05) is 11.9 Å². The summed E-state index contributed by atoms with van der Waals surface area (Å²) in [7, 11) is 1.67. The van der Waals surface area contributed by atoms with Crippen LogP contribution in [0.3, 0.4) is 0 Å². The van der Waals surface area contributed by atoms with Crippen molar-refractivity contribution < 1.29 is 13.2 Å². The Hall–Kier alpha value is -1.79. The zero-order chi connectivity index (χ0) is 15.5. The van der Waals surface area contributed by atoms with E-state index < -0.39 is 11.9 Å². The minimum Gasteiger partial charge on any atom is -0.384 e. The van der Waals surface area contributed by atoms with Gasteiger partial charge in [-0.05, 0) is 25.0 Å². The summed E-state index contributed by atoms with van der Waals surface area (Å²) >= 11 is 0. The fraction of sp³-hybridized carbons (Fsp3) is 0.538. The molecule has 0 bridgehead atoms. The van der Waals surface area contributed by atoms with Gasteiger partial charge in [-0.15, -0.1) is 0 Å². The highest BCUT2D eigenvalue weighted by Gasteiger charge is 2.34. The summed E-state index contributed by atoms with van der Waals surface area (Å²) in [6.07, 6.45) is -2.98. The maximum atomic E-state index is 12.8. The number of nitrogens with zero attached hydrogens (tertiary/aromatic N) is 2. The number of rotatable bonds is 5. The van der Waals surface area contributed by atoms with Crippen LogP contribution in [0.1, 0.15) is 37.9 Å². The van der Waals surface area contributed by atoms with Crippen LogP contribution in [-0.2, 0) is 6.18 Å². The average Bonchev–Trinajstić information content (AvgIpc) is 2.38. The molecule has 0 aliphatic carbocycles. The van der Waals surface area contributed by atoms with E-state index in [-0.39, 0.29) is 23.3 Å². The lowest BCUT2D eigenvalue weighted by molar-refractivity contribution is -0.141. The molecule has 0 spiro atoms. The van der Waals surface area contributed by atoms with Gasteiger partial charge in [-0.3, -0.25) is 5.41 Å². The third kappa shape index (κ3) is 3.40. The van der Waals surface area contributed by atoms with Crippen LogP contribution in [0.15, 0.2) is 12.1 Å². The van der Waals surface area contributed by atoms with E-state index in [1.54, 1.807) is 11.9 Å². The van der Waals surface area contributed by atoms with E-state index in [9.17, 15) is 13.2 Å². The van der Waals surface area contributed by atoms with Crippen molar-refractivity contribution in [2.24, 2.45) is 5.73 Å². The predicted octanol–water partition coefficient (Wildman–Crippen LogP) is 3.01. The van der Waals surface area contributed by atoms with Gasteiger partial charge in [0.15, 0.2) is 0 Å². The molecule has 0 aliphatic rings. The van der Waals surface area contributed by atoms with E-state index >= 15 is 0 Å². The molecule has 112 valence electrons. The Labute approximate surface area is 116 Å². The first-order valence-corrected chi connectivity index (χ1v) is 6.37. The number of aromatic nitrogens is 1. The van der Waals surface area contributed by atoms with Crippen molar-refractivity contribution >= 4 is 11.7 Å². The van der Waals surface area contributed by atoms with Crippen LogP contribution in [0.2, 0.25) is 0 Å². The number of amidine groups is 1. The highest BCUT2D eigenvalue weighted by atomic mass is 19.4. The lowest BCUT2D eigenvalue weighted by atomic mass is 10.1. The second kappa shape index (κ2) is 6.11. The Morgan fingerprint density at radius 1 is 1.35 bits per heavy atom. The average molecular weight is 288 g/mol. The van der Waals surface area contributed by atoms with Crippen LogP contribution in [-0.4, -0.2) is 23.9 Å². The number of hydrogen-bond donors (Lipinski definition) is 2. The van der Waals surface area contributed by atoms with Crippen molar-refractivity contribution in [2.45, 2.75) is 38.9 Å². The molecule has 7 heteroatoms. The highest BCUT2D eigenvalue weighted by Crippen LogP contribution is 2.31. The second-order valence-corrected chi connectivity index (χ2v) is 4.56. The molecule has 20 heavy (non-hydrogen) atoms. The van der Waals surface area contributed by atoms with Gasteiger partial charge in [-0.25, -0.2) is 4.98 Å². The van der Waals surface area contributed by atoms with Crippen LogP contribution >= 0.6 is 0 Å². The molecule has 0 unspecified atom stereocenters. The van der Waals surface area contributed by atoms with Crippen molar-refractivity contribution in [3.63, 3.8) is 0 Å². The zero-order valence-corrected chi connectivity index (χ0v) is 11.8. The normalized spacial score (nSPS) is 11.8. The van der Waals surface area contributed by atoms with E-state index in [0.29, 0.717) is 0 Å². The first kappa shape index (κ1) is 16.3. The highest BCUT2D eigenvalue weighted by molar-refractivity contribution is 5.99. The lowest BCUT2D eigenvalue weighted by Gasteiger charge is -2.29. The fourth-order valence-electron chi connectivity index (χ4n) is 2.09. The Bertz CT molecular complexity index is 481. The number of anilines is 1. The number of nitrogens with two attached hydrogens (primary N) is 1. The Morgan fingerprint density at radius 2 is 1.90 bits per heavy atom. The minimum atomic E-state index is -4.52. The maximum absolute atomic E-state index is 12.8. The van der Waals surface area contributed by atoms with Crippen LogP contribution in [0.5, 0.6) is 0 Å². The Balaban J connectivity index is 3.35. The van der Waals surface area contributed by atoms with Crippen LogP contribution < -0.4 is 10.6 Å². The van der Waals surface area contributed by atoms with Gasteiger partial charge in [0.05, 0.1) is 5.56 Å². The molecular formula is C13H19F3N4. The molecule has 1 rings (SSSR count). The van der Waals surface area contributed by atoms with Crippen molar-refractivity contribution in [3.05, 3.63) is 23.4 Å². The molecule has 0 saturated carbocycles. The van der Waals surface area contributed by atoms with E-state index in [1.807, 2.05) is 13.8 Å². The lowest BCUT2D eigenvalue weighted by Crippen LogP contribution is -2.33. The third-order valence-corrected chi connectivity index (χ3v) is 3.28. The van der Waals surface area contributed by atoms with Gasteiger partial charge < -0.3 is 10.6 Å². The van der Waals surface area contributed by atoms with E-state index in [0.717, 1.165) is 18.9 Å². The maximum Gasteiger partial charge on any atom is 0.433 e. The van der Waals surface area contributed by atoms with E-state index in [1.165, 1.54) is 6.07 Å². The van der Waals surface area contributed by atoms with Gasteiger partial charge >= 0.3 is 6.18 Å². The number of hydrogen-bond acceptors (Lipinski definition) is 3. The molecule has 1 aromatic heterocycles. The fourth-order valence-corrected chi connectivity index (χ4v) is 2.09. The monoisotopic (exact) mass is 288 g/mol. The van der Waals surface area contributed by atoms with Crippen molar-refractivity contribution in [1.82, 2.24) is 4.98 Å². The summed E-state index contributed by atoms with van der Waals surface area (Å²) in [6.45, 7) is 3.90. The molecular weight excluding hydrogens is 269 g/mol. The zero-order valence-electron chi connectivity index (χ0n) is 11.8. The van der Waals surface area contributed by atoms with Gasteiger partial charge in [-0.2, -0.15) is 13.2 Å². The molecule has 0 saturated heterocycles. The molecule has 0 aromatic carbocycles. The second-order valence-electron chi connectivity index (χ2n) is 4.56. The molecule has 0 radical (unpaired) electrons. The van der Waals surface area contributed by atoms with Gasteiger partial charge in [-0.1, -0.05) is 13.8 Å². The molecule has 3 N–H and O–H groups in total. The van der Waals surface area contributed by atoms with E-state index in [2.05, 4.69) is 4.98 Å². The third-order valence-electron chi connectivity index (χ3n) is 3.28. The first-order valence-electron chi connectivity index (χ1n) is 6.37. The van der Waals surface area contributed by atoms with Crippen molar-refractivity contribution in [3.8, 4) is 0 Å². The summed E-state index contributed by atoms with van der Waals surface area (Å²) in [4.78, 5) is 5.32. The molecule has 1 aromatic rings. The van der Waals surface area contributed by atoms with Gasteiger partial charge in [0.2, 0.25) is 0 Å². The predicted molar refractivity (Wildman–Crippen MR) is 73.0 cm³/mol. The Kier molecular flexibility index (Phi) is 4.97. The first-order chi connectivity index (χ1) is 9.22.